The maximum atomic E-state index is 12.7. The van der Waals surface area contributed by atoms with E-state index in [0.29, 0.717) is 11.4 Å². The van der Waals surface area contributed by atoms with Crippen LogP contribution in [0.4, 0.5) is 5.82 Å². The minimum absolute atomic E-state index is 0. The molecule has 164 valence electrons. The number of nitrogens with one attached hydrogen (secondary N) is 1. The molecule has 0 spiro atoms. The van der Waals surface area contributed by atoms with Crippen molar-refractivity contribution < 1.29 is 4.79 Å². The molecule has 0 radical (unpaired) electrons. The summed E-state index contributed by atoms with van der Waals surface area (Å²) in [5.41, 5.74) is 7.13. The minimum atomic E-state index is -0.204. The van der Waals surface area contributed by atoms with E-state index in [1.54, 1.807) is 24.5 Å². The second-order valence-electron chi connectivity index (χ2n) is 7.72. The lowest BCUT2D eigenvalue weighted by Gasteiger charge is -2.09. The fourth-order valence-electron chi connectivity index (χ4n) is 3.68. The first-order valence-electron chi connectivity index (χ1n) is 10.3. The Morgan fingerprint density at radius 1 is 0.848 bits per heavy atom. The lowest BCUT2D eigenvalue weighted by atomic mass is 10.0. The summed E-state index contributed by atoms with van der Waals surface area (Å²) in [7, 11) is 0. The molecule has 0 bridgehead atoms. The molecule has 0 unspecified atom stereocenters. The Balaban J connectivity index is 0.00000259. The Hall–Kier alpha value is -4.03. The van der Waals surface area contributed by atoms with Crippen molar-refractivity contribution in [3.8, 4) is 22.5 Å². The molecule has 5 aromatic rings. The second kappa shape index (κ2) is 9.22. The van der Waals surface area contributed by atoms with Gasteiger partial charge in [0.25, 0.3) is 5.91 Å². The number of amides is 1. The molecule has 33 heavy (non-hydrogen) atoms. The van der Waals surface area contributed by atoms with Crippen LogP contribution in [0.25, 0.3) is 28.2 Å². The Kier molecular flexibility index (Phi) is 6.20. The fraction of sp³-hybridized carbons (Fsp3) is 0.0769. The number of aromatic nitrogens is 4. The molecular formula is C26H22ClN5O. The van der Waals surface area contributed by atoms with Crippen LogP contribution in [0.15, 0.2) is 85.2 Å². The number of benzene rings is 2. The van der Waals surface area contributed by atoms with E-state index >= 15 is 0 Å². The number of carbonyl (C=O) groups is 1. The van der Waals surface area contributed by atoms with Gasteiger partial charge >= 0.3 is 0 Å². The molecule has 0 saturated carbocycles. The summed E-state index contributed by atoms with van der Waals surface area (Å²) < 4.78 is 1.82. The summed E-state index contributed by atoms with van der Waals surface area (Å²) in [5.74, 6) is 0.263. The van der Waals surface area contributed by atoms with Gasteiger partial charge in [-0.3, -0.25) is 4.79 Å². The van der Waals surface area contributed by atoms with Gasteiger partial charge in [-0.1, -0.05) is 41.5 Å². The topological polar surface area (TPSA) is 72.2 Å². The minimum Gasteiger partial charge on any atom is -0.307 e. The predicted octanol–water partition coefficient (Wildman–Crippen LogP) is 5.75. The van der Waals surface area contributed by atoms with Crippen LogP contribution in [0, 0.1) is 13.8 Å². The van der Waals surface area contributed by atoms with Gasteiger partial charge in [-0.15, -0.1) is 12.4 Å². The maximum absolute atomic E-state index is 12.7. The quantitative estimate of drug-likeness (QED) is 0.374. The second-order valence-corrected chi connectivity index (χ2v) is 7.72. The van der Waals surface area contributed by atoms with Crippen molar-refractivity contribution in [1.82, 2.24) is 19.6 Å². The lowest BCUT2D eigenvalue weighted by Crippen LogP contribution is -2.12. The molecule has 0 fully saturated rings. The number of halogens is 1. The van der Waals surface area contributed by atoms with Gasteiger partial charge in [-0.25, -0.2) is 14.5 Å². The van der Waals surface area contributed by atoms with Gasteiger partial charge in [0.05, 0.1) is 5.69 Å². The van der Waals surface area contributed by atoms with Gasteiger partial charge in [0.1, 0.15) is 11.5 Å². The highest BCUT2D eigenvalue weighted by atomic mass is 35.5. The molecule has 0 aliphatic rings. The molecule has 6 nitrogen and oxygen atoms in total. The molecule has 3 aromatic heterocycles. The molecule has 0 aliphatic carbocycles. The van der Waals surface area contributed by atoms with Crippen LogP contribution in [-0.2, 0) is 0 Å². The predicted molar refractivity (Wildman–Crippen MR) is 133 cm³/mol. The number of fused-ring (bicyclic) bond motifs is 1. The van der Waals surface area contributed by atoms with Crippen LogP contribution in [0.1, 0.15) is 21.5 Å². The molecule has 1 N–H and O–H groups in total. The number of hydrogen-bond acceptors (Lipinski definition) is 4. The number of nitrogens with zero attached hydrogens (tertiary/aromatic N) is 4. The van der Waals surface area contributed by atoms with Crippen molar-refractivity contribution in [3.63, 3.8) is 0 Å². The van der Waals surface area contributed by atoms with Gasteiger partial charge < -0.3 is 5.32 Å². The molecule has 1 amide bonds. The highest BCUT2D eigenvalue weighted by Gasteiger charge is 2.18. The van der Waals surface area contributed by atoms with Gasteiger partial charge in [0, 0.05) is 29.1 Å². The van der Waals surface area contributed by atoms with Crippen LogP contribution in [0.5, 0.6) is 0 Å². The normalized spacial score (nSPS) is 10.6. The van der Waals surface area contributed by atoms with Crippen molar-refractivity contribution in [2.45, 2.75) is 13.8 Å². The maximum Gasteiger partial charge on any atom is 0.256 e. The first-order chi connectivity index (χ1) is 15.6. The summed E-state index contributed by atoms with van der Waals surface area (Å²) in [6.45, 7) is 4.05. The smallest absolute Gasteiger partial charge is 0.256 e. The van der Waals surface area contributed by atoms with E-state index in [9.17, 15) is 4.79 Å². The van der Waals surface area contributed by atoms with E-state index < -0.39 is 0 Å². The summed E-state index contributed by atoms with van der Waals surface area (Å²) in [4.78, 5) is 21.9. The monoisotopic (exact) mass is 455 g/mol. The SMILES string of the molecule is Cc1ccc(C(=O)Nc2cc(-c3c(-c4cccc(C)c4)nc4cccnn34)ccn2)cc1.Cl. The Morgan fingerprint density at radius 2 is 1.67 bits per heavy atom. The third-order valence-corrected chi connectivity index (χ3v) is 5.27. The van der Waals surface area contributed by atoms with Crippen molar-refractivity contribution in [1.29, 1.82) is 0 Å². The van der Waals surface area contributed by atoms with Crippen molar-refractivity contribution in [3.05, 3.63) is 102 Å². The number of rotatable bonds is 4. The largest absolute Gasteiger partial charge is 0.307 e. The molecule has 2 aromatic carbocycles. The molecule has 0 atom stereocenters. The van der Waals surface area contributed by atoms with Crippen LogP contribution in [0.3, 0.4) is 0 Å². The summed E-state index contributed by atoms with van der Waals surface area (Å²) in [5, 5.41) is 7.42. The van der Waals surface area contributed by atoms with E-state index in [4.69, 9.17) is 4.98 Å². The van der Waals surface area contributed by atoms with E-state index in [1.165, 1.54) is 0 Å². The molecular weight excluding hydrogens is 434 g/mol. The van der Waals surface area contributed by atoms with Gasteiger partial charge in [-0.2, -0.15) is 5.10 Å². The van der Waals surface area contributed by atoms with Crippen LogP contribution in [-0.4, -0.2) is 25.5 Å². The zero-order chi connectivity index (χ0) is 22.1. The highest BCUT2D eigenvalue weighted by Crippen LogP contribution is 2.33. The standard InChI is InChI=1S/C26H21N5O.ClH/c1-17-8-10-19(11-9-17)26(32)29-22-16-21(12-14-27-22)25-24(20-6-3-5-18(2)15-20)30-23-7-4-13-28-31(23)25;/h3-16H,1-2H3,(H,27,29,32);1H. The highest BCUT2D eigenvalue weighted by molar-refractivity contribution is 6.04. The molecule has 5 rings (SSSR count). The van der Waals surface area contributed by atoms with Crippen molar-refractivity contribution >= 4 is 29.8 Å². The average molecular weight is 456 g/mol. The number of carbonyl (C=O) groups excluding carboxylic acids is 1. The van der Waals surface area contributed by atoms with E-state index in [0.717, 1.165) is 39.3 Å². The molecule has 0 saturated heterocycles. The third kappa shape index (κ3) is 4.47. The Labute approximate surface area is 197 Å². The van der Waals surface area contributed by atoms with Gasteiger partial charge in [-0.05, 0) is 56.3 Å². The van der Waals surface area contributed by atoms with Gasteiger partial charge in [0.15, 0.2) is 5.65 Å². The summed E-state index contributed by atoms with van der Waals surface area (Å²) in [6.07, 6.45) is 3.42. The zero-order valence-corrected chi connectivity index (χ0v) is 19.0. The zero-order valence-electron chi connectivity index (χ0n) is 18.2. The van der Waals surface area contributed by atoms with Crippen LogP contribution < -0.4 is 5.32 Å². The van der Waals surface area contributed by atoms with Crippen LogP contribution >= 0.6 is 12.4 Å². The number of hydrogen-bond donors (Lipinski definition) is 1. The molecule has 0 aliphatic heterocycles. The number of pyridine rings is 1. The summed E-state index contributed by atoms with van der Waals surface area (Å²) >= 11 is 0. The van der Waals surface area contributed by atoms with E-state index in [2.05, 4.69) is 34.5 Å². The Morgan fingerprint density at radius 3 is 2.45 bits per heavy atom. The number of anilines is 1. The first-order valence-corrected chi connectivity index (χ1v) is 10.3. The molecule has 7 heteroatoms. The lowest BCUT2D eigenvalue weighted by molar-refractivity contribution is 0.102. The fourth-order valence-corrected chi connectivity index (χ4v) is 3.68. The number of imidazole rings is 1. The average Bonchev–Trinajstić information content (AvgIpc) is 3.19. The van der Waals surface area contributed by atoms with Gasteiger partial charge in [0.2, 0.25) is 0 Å². The molecule has 3 heterocycles. The van der Waals surface area contributed by atoms with E-state index in [1.807, 2.05) is 60.0 Å². The van der Waals surface area contributed by atoms with Crippen LogP contribution in [0.2, 0.25) is 0 Å². The van der Waals surface area contributed by atoms with Crippen molar-refractivity contribution in [2.75, 3.05) is 5.32 Å². The number of aryl methyl sites for hydroxylation is 2. The summed E-state index contributed by atoms with van der Waals surface area (Å²) in [6, 6.07) is 23.2. The Bertz CT molecular complexity index is 1440. The third-order valence-electron chi connectivity index (χ3n) is 5.27. The van der Waals surface area contributed by atoms with E-state index in [-0.39, 0.29) is 18.3 Å². The van der Waals surface area contributed by atoms with Crippen molar-refractivity contribution in [2.24, 2.45) is 0 Å². The first kappa shape index (κ1) is 22.2.